The maximum atomic E-state index is 15.0. The van der Waals surface area contributed by atoms with Crippen LogP contribution in [0.3, 0.4) is 0 Å². The molecule has 1 atom stereocenters. The van der Waals surface area contributed by atoms with Gasteiger partial charge in [-0.1, -0.05) is 11.6 Å². The summed E-state index contributed by atoms with van der Waals surface area (Å²) in [6.45, 7) is 2.41. The van der Waals surface area contributed by atoms with Crippen molar-refractivity contribution in [2.45, 2.75) is 25.8 Å². The molecule has 1 saturated heterocycles. The molecule has 9 nitrogen and oxygen atoms in total. The van der Waals surface area contributed by atoms with Crippen LogP contribution in [-0.2, 0) is 21.2 Å². The number of thiophene rings is 1. The Morgan fingerprint density at radius 2 is 2.16 bits per heavy atom. The maximum Gasteiger partial charge on any atom is 0.253 e. The Morgan fingerprint density at radius 3 is 2.81 bits per heavy atom. The zero-order valence-corrected chi connectivity index (χ0v) is 22.5. The van der Waals surface area contributed by atoms with E-state index in [4.69, 9.17) is 11.6 Å². The minimum absolute atomic E-state index is 0.0113. The SMILES string of the molecule is Cc1nc[nH]c1CCN(C)C(=O)c1ccc(N2CCC(NS(=O)(=O)/C=C/c3ccc(Cl)s3)C2=O)c(F)c1. The zero-order valence-electron chi connectivity index (χ0n) is 20.1. The van der Waals surface area contributed by atoms with E-state index in [1.807, 2.05) is 6.92 Å². The van der Waals surface area contributed by atoms with Gasteiger partial charge in [-0.15, -0.1) is 11.3 Å². The predicted octanol–water partition coefficient (Wildman–Crippen LogP) is 3.58. The van der Waals surface area contributed by atoms with Gasteiger partial charge in [-0.25, -0.2) is 17.8 Å². The monoisotopic (exact) mass is 565 g/mol. The topological polar surface area (TPSA) is 115 Å². The van der Waals surface area contributed by atoms with Crippen molar-refractivity contribution in [1.29, 1.82) is 0 Å². The normalized spacial score (nSPS) is 16.2. The molecule has 196 valence electrons. The molecule has 1 aliphatic rings. The molecule has 0 radical (unpaired) electrons. The third kappa shape index (κ3) is 6.45. The number of benzene rings is 1. The summed E-state index contributed by atoms with van der Waals surface area (Å²) in [5, 5.41) is 0.968. The number of carbonyl (C=O) groups is 2. The second-order valence-electron chi connectivity index (χ2n) is 8.55. The van der Waals surface area contributed by atoms with E-state index in [1.54, 1.807) is 25.5 Å². The van der Waals surface area contributed by atoms with E-state index in [1.165, 1.54) is 39.3 Å². The van der Waals surface area contributed by atoms with Gasteiger partial charge in [0, 0.05) is 48.1 Å². The van der Waals surface area contributed by atoms with Crippen molar-refractivity contribution in [3.8, 4) is 0 Å². The van der Waals surface area contributed by atoms with Crippen molar-refractivity contribution >= 4 is 56.5 Å². The predicted molar refractivity (Wildman–Crippen MR) is 142 cm³/mol. The molecule has 0 bridgehead atoms. The largest absolute Gasteiger partial charge is 0.348 e. The Morgan fingerprint density at radius 1 is 1.38 bits per heavy atom. The molecule has 3 aromatic rings. The van der Waals surface area contributed by atoms with Crippen LogP contribution in [-0.4, -0.2) is 61.3 Å². The van der Waals surface area contributed by atoms with E-state index < -0.39 is 27.8 Å². The summed E-state index contributed by atoms with van der Waals surface area (Å²) in [6, 6.07) is 6.21. The van der Waals surface area contributed by atoms with Crippen LogP contribution in [0.2, 0.25) is 4.34 Å². The molecule has 1 aromatic carbocycles. The average Bonchev–Trinajstić information content (AvgIpc) is 3.56. The number of amides is 2. The molecule has 1 fully saturated rings. The van der Waals surface area contributed by atoms with Crippen LogP contribution in [0.5, 0.6) is 0 Å². The first-order valence-electron chi connectivity index (χ1n) is 11.3. The fraction of sp³-hybridized carbons (Fsp3) is 0.292. The lowest BCUT2D eigenvalue weighted by Gasteiger charge is -2.20. The lowest BCUT2D eigenvalue weighted by Crippen LogP contribution is -2.41. The minimum atomic E-state index is -3.92. The van der Waals surface area contributed by atoms with Gasteiger partial charge in [0.1, 0.15) is 11.9 Å². The Bertz CT molecular complexity index is 1450. The fourth-order valence-corrected chi connectivity index (χ4v) is 6.01. The molecule has 37 heavy (non-hydrogen) atoms. The van der Waals surface area contributed by atoms with Crippen LogP contribution in [0.25, 0.3) is 6.08 Å². The molecule has 2 amide bonds. The highest BCUT2D eigenvalue weighted by Gasteiger charge is 2.36. The van der Waals surface area contributed by atoms with Crippen molar-refractivity contribution in [3.05, 3.63) is 74.0 Å². The van der Waals surface area contributed by atoms with Gasteiger partial charge in [-0.05, 0) is 49.8 Å². The average molecular weight is 566 g/mol. The van der Waals surface area contributed by atoms with E-state index in [-0.39, 0.29) is 30.1 Å². The highest BCUT2D eigenvalue weighted by Crippen LogP contribution is 2.27. The molecular weight excluding hydrogens is 541 g/mol. The maximum absolute atomic E-state index is 15.0. The number of sulfonamides is 1. The molecule has 0 spiro atoms. The highest BCUT2D eigenvalue weighted by molar-refractivity contribution is 7.92. The number of aromatic nitrogens is 2. The molecule has 1 aliphatic heterocycles. The van der Waals surface area contributed by atoms with Gasteiger partial charge in [0.05, 0.1) is 22.0 Å². The molecule has 13 heteroatoms. The van der Waals surface area contributed by atoms with Crippen LogP contribution >= 0.6 is 22.9 Å². The fourth-order valence-electron chi connectivity index (χ4n) is 3.94. The van der Waals surface area contributed by atoms with Crippen molar-refractivity contribution < 1.29 is 22.4 Å². The number of hydrogen-bond acceptors (Lipinski definition) is 6. The molecule has 2 aromatic heterocycles. The summed E-state index contributed by atoms with van der Waals surface area (Å²) >= 11 is 7.07. The number of likely N-dealkylation sites (N-methyl/N-ethyl adjacent to an activating group) is 1. The van der Waals surface area contributed by atoms with Gasteiger partial charge < -0.3 is 14.8 Å². The number of nitrogens with zero attached hydrogens (tertiary/aromatic N) is 3. The summed E-state index contributed by atoms with van der Waals surface area (Å²) in [7, 11) is -2.29. The number of H-pyrrole nitrogens is 1. The molecular formula is C24H25ClFN5O4S2. The zero-order chi connectivity index (χ0) is 26.7. The standard InChI is InChI=1S/C24H25ClFN5O4S2/c1-15-19(28-14-27-15)7-10-30(2)23(32)16-3-5-21(18(26)13-16)31-11-8-20(24(31)33)29-37(34,35)12-9-17-4-6-22(25)36-17/h3-6,9,12-14,20,29H,7-8,10-11H2,1-2H3,(H,27,28)/b12-9+. The lowest BCUT2D eigenvalue weighted by atomic mass is 10.1. The van der Waals surface area contributed by atoms with E-state index >= 15 is 0 Å². The van der Waals surface area contributed by atoms with Gasteiger partial charge in [-0.2, -0.15) is 4.72 Å². The first-order valence-corrected chi connectivity index (χ1v) is 14.1. The summed E-state index contributed by atoms with van der Waals surface area (Å²) in [6.07, 6.45) is 3.73. The van der Waals surface area contributed by atoms with Gasteiger partial charge in [-0.3, -0.25) is 9.59 Å². The van der Waals surface area contributed by atoms with Crippen LogP contribution < -0.4 is 9.62 Å². The number of imidazole rings is 1. The van der Waals surface area contributed by atoms with Crippen molar-refractivity contribution in [1.82, 2.24) is 19.6 Å². The first kappa shape index (κ1) is 27.0. The van der Waals surface area contributed by atoms with E-state index in [0.717, 1.165) is 22.9 Å². The molecule has 3 heterocycles. The summed E-state index contributed by atoms with van der Waals surface area (Å²) in [5.74, 6) is -1.67. The van der Waals surface area contributed by atoms with Crippen molar-refractivity contribution in [2.24, 2.45) is 0 Å². The molecule has 0 saturated carbocycles. The van der Waals surface area contributed by atoms with E-state index in [2.05, 4.69) is 14.7 Å². The van der Waals surface area contributed by atoms with E-state index in [9.17, 15) is 22.4 Å². The molecule has 2 N–H and O–H groups in total. The van der Waals surface area contributed by atoms with Gasteiger partial charge >= 0.3 is 0 Å². The van der Waals surface area contributed by atoms with Crippen LogP contribution in [0.15, 0.2) is 42.1 Å². The molecule has 0 aliphatic carbocycles. The number of aromatic amines is 1. The first-order chi connectivity index (χ1) is 17.5. The summed E-state index contributed by atoms with van der Waals surface area (Å²) in [5.41, 5.74) is 1.91. The van der Waals surface area contributed by atoms with Gasteiger partial charge in [0.25, 0.3) is 5.91 Å². The Balaban J connectivity index is 1.39. The summed E-state index contributed by atoms with van der Waals surface area (Å²) < 4.78 is 42.7. The minimum Gasteiger partial charge on any atom is -0.348 e. The number of halogens is 2. The molecule has 4 rings (SSSR count). The number of aryl methyl sites for hydroxylation is 1. The number of carbonyl (C=O) groups excluding carboxylic acids is 2. The van der Waals surface area contributed by atoms with Crippen LogP contribution in [0.1, 0.15) is 33.0 Å². The van der Waals surface area contributed by atoms with Crippen LogP contribution in [0.4, 0.5) is 10.1 Å². The number of hydrogen-bond donors (Lipinski definition) is 2. The second kappa shape index (κ2) is 11.1. The third-order valence-electron chi connectivity index (χ3n) is 5.98. The van der Waals surface area contributed by atoms with Crippen molar-refractivity contribution in [3.63, 3.8) is 0 Å². The van der Waals surface area contributed by atoms with Crippen molar-refractivity contribution in [2.75, 3.05) is 25.0 Å². The second-order valence-corrected chi connectivity index (χ2v) is 11.9. The third-order valence-corrected chi connectivity index (χ3v) is 8.28. The van der Waals surface area contributed by atoms with Crippen LogP contribution in [0, 0.1) is 12.7 Å². The van der Waals surface area contributed by atoms with E-state index in [0.29, 0.717) is 22.2 Å². The number of nitrogens with one attached hydrogen (secondary N) is 2. The van der Waals surface area contributed by atoms with Gasteiger partial charge in [0.2, 0.25) is 15.9 Å². The Kier molecular flexibility index (Phi) is 8.12. The smallest absolute Gasteiger partial charge is 0.253 e. The number of anilines is 1. The quantitative estimate of drug-likeness (QED) is 0.411. The molecule has 1 unspecified atom stereocenters. The lowest BCUT2D eigenvalue weighted by molar-refractivity contribution is -0.118. The number of rotatable bonds is 9. The summed E-state index contributed by atoms with van der Waals surface area (Å²) in [4.78, 5) is 36.1. The highest BCUT2D eigenvalue weighted by atomic mass is 35.5. The van der Waals surface area contributed by atoms with Gasteiger partial charge in [0.15, 0.2) is 0 Å². The Labute approximate surface area is 223 Å². The Hall–Kier alpha value is -3.06.